The molecule has 3 aromatic heterocycles. The van der Waals surface area contributed by atoms with E-state index < -0.39 is 0 Å². The van der Waals surface area contributed by atoms with Crippen LogP contribution < -0.4 is 0 Å². The fraction of sp³-hybridized carbons (Fsp3) is 0.179. The molecular weight excluding hydrogens is 406 g/mol. The molecule has 5 heteroatoms. The minimum absolute atomic E-state index is 0.786. The van der Waals surface area contributed by atoms with Crippen molar-refractivity contribution in [2.75, 3.05) is 6.54 Å². The predicted octanol–water partition coefficient (Wildman–Crippen LogP) is 5.10. The average Bonchev–Trinajstić information content (AvgIpc) is 3.22. The van der Waals surface area contributed by atoms with Gasteiger partial charge in [0.2, 0.25) is 0 Å². The van der Waals surface area contributed by atoms with Gasteiger partial charge in [-0.25, -0.2) is 9.97 Å². The summed E-state index contributed by atoms with van der Waals surface area (Å²) >= 11 is 0. The molecule has 0 fully saturated rings. The van der Waals surface area contributed by atoms with Gasteiger partial charge in [-0.1, -0.05) is 48.5 Å². The number of hydrogen-bond donors (Lipinski definition) is 0. The summed E-state index contributed by atoms with van der Waals surface area (Å²) in [6.07, 6.45) is 8.85. The Bertz CT molecular complexity index is 1390. The Morgan fingerprint density at radius 2 is 1.67 bits per heavy atom. The second kappa shape index (κ2) is 8.60. The van der Waals surface area contributed by atoms with E-state index in [1.165, 1.54) is 33.3 Å². The fourth-order valence-electron chi connectivity index (χ4n) is 4.75. The number of para-hydroxylation sites is 1. The third-order valence-electron chi connectivity index (χ3n) is 6.41. The van der Waals surface area contributed by atoms with Crippen LogP contribution in [0.1, 0.15) is 22.4 Å². The van der Waals surface area contributed by atoms with Crippen molar-refractivity contribution in [2.45, 2.75) is 26.1 Å². The van der Waals surface area contributed by atoms with Crippen LogP contribution in [-0.2, 0) is 26.1 Å². The molecule has 0 saturated carbocycles. The van der Waals surface area contributed by atoms with Crippen molar-refractivity contribution < 1.29 is 0 Å². The van der Waals surface area contributed by atoms with Crippen LogP contribution in [0.2, 0.25) is 0 Å². The fourth-order valence-corrected chi connectivity index (χ4v) is 4.75. The lowest BCUT2D eigenvalue weighted by Crippen LogP contribution is -2.30. The molecule has 5 nitrogen and oxygen atoms in total. The van der Waals surface area contributed by atoms with E-state index in [1.807, 2.05) is 18.3 Å². The highest BCUT2D eigenvalue weighted by atomic mass is 15.1. The Morgan fingerprint density at radius 3 is 2.55 bits per heavy atom. The summed E-state index contributed by atoms with van der Waals surface area (Å²) in [7, 11) is 0. The molecule has 1 aliphatic heterocycles. The lowest BCUT2D eigenvalue weighted by atomic mass is 10.1. The quantitative estimate of drug-likeness (QED) is 0.388. The summed E-state index contributed by atoms with van der Waals surface area (Å²) in [4.78, 5) is 16.1. The molecule has 33 heavy (non-hydrogen) atoms. The largest absolute Gasteiger partial charge is 0.343 e. The van der Waals surface area contributed by atoms with Gasteiger partial charge >= 0.3 is 0 Å². The van der Waals surface area contributed by atoms with Gasteiger partial charge in [-0.3, -0.25) is 9.88 Å². The van der Waals surface area contributed by atoms with Crippen LogP contribution in [0.4, 0.5) is 0 Å². The van der Waals surface area contributed by atoms with E-state index in [2.05, 4.69) is 80.2 Å². The van der Waals surface area contributed by atoms with Gasteiger partial charge in [0.15, 0.2) is 5.82 Å². The lowest BCUT2D eigenvalue weighted by Gasteiger charge is -2.28. The van der Waals surface area contributed by atoms with Crippen molar-refractivity contribution in [3.63, 3.8) is 0 Å². The molecule has 0 radical (unpaired) electrons. The standard InChI is InChI=1S/C28H25N5/c1-2-6-21(7-3-1)17-33-20-24(25-8-4-5-9-27(25)33)19-32-15-12-26-23(18-32)16-30-28(31-26)22-10-13-29-14-11-22/h1-11,13-14,16,20H,12,15,17-19H2. The van der Waals surface area contributed by atoms with Gasteiger partial charge < -0.3 is 4.57 Å². The average molecular weight is 432 g/mol. The first kappa shape index (κ1) is 19.8. The molecule has 1 aliphatic rings. The molecule has 0 aliphatic carbocycles. The molecule has 0 saturated heterocycles. The Kier molecular flexibility index (Phi) is 5.17. The Labute approximate surface area is 193 Å². The molecule has 6 rings (SSSR count). The summed E-state index contributed by atoms with van der Waals surface area (Å²) in [5, 5.41) is 1.34. The number of hydrogen-bond acceptors (Lipinski definition) is 4. The summed E-state index contributed by atoms with van der Waals surface area (Å²) in [5.74, 6) is 0.786. The zero-order chi connectivity index (χ0) is 22.0. The molecule has 0 spiro atoms. The SMILES string of the molecule is c1ccc(Cn2cc(CN3CCc4nc(-c5ccncc5)ncc4C3)c3ccccc32)cc1. The van der Waals surface area contributed by atoms with Crippen LogP contribution >= 0.6 is 0 Å². The first-order valence-corrected chi connectivity index (χ1v) is 11.4. The van der Waals surface area contributed by atoms with Crippen molar-refractivity contribution >= 4 is 10.9 Å². The van der Waals surface area contributed by atoms with Crippen LogP contribution in [0.15, 0.2) is 91.5 Å². The lowest BCUT2D eigenvalue weighted by molar-refractivity contribution is 0.243. The number of aromatic nitrogens is 4. The molecule has 2 aromatic carbocycles. The Morgan fingerprint density at radius 1 is 0.848 bits per heavy atom. The van der Waals surface area contributed by atoms with E-state index in [4.69, 9.17) is 4.98 Å². The number of nitrogens with zero attached hydrogens (tertiary/aromatic N) is 5. The molecule has 0 unspecified atom stereocenters. The van der Waals surface area contributed by atoms with Gasteiger partial charge in [0.1, 0.15) is 0 Å². The maximum Gasteiger partial charge on any atom is 0.159 e. The first-order chi connectivity index (χ1) is 16.3. The molecule has 162 valence electrons. The number of pyridine rings is 1. The van der Waals surface area contributed by atoms with Gasteiger partial charge in [0, 0.05) is 79.4 Å². The third kappa shape index (κ3) is 4.03. The van der Waals surface area contributed by atoms with Crippen molar-refractivity contribution in [1.82, 2.24) is 24.4 Å². The van der Waals surface area contributed by atoms with E-state index in [0.717, 1.165) is 44.0 Å². The predicted molar refractivity (Wildman–Crippen MR) is 131 cm³/mol. The van der Waals surface area contributed by atoms with E-state index in [-0.39, 0.29) is 0 Å². The summed E-state index contributed by atoms with van der Waals surface area (Å²) in [6, 6.07) is 23.3. The van der Waals surface area contributed by atoms with Gasteiger partial charge in [-0.2, -0.15) is 0 Å². The van der Waals surface area contributed by atoms with Crippen molar-refractivity contribution in [3.8, 4) is 11.4 Å². The minimum Gasteiger partial charge on any atom is -0.343 e. The van der Waals surface area contributed by atoms with Gasteiger partial charge in [0.05, 0.1) is 5.69 Å². The molecule has 4 heterocycles. The highest BCUT2D eigenvalue weighted by Gasteiger charge is 2.20. The summed E-state index contributed by atoms with van der Waals surface area (Å²) < 4.78 is 2.38. The summed E-state index contributed by atoms with van der Waals surface area (Å²) in [5.41, 5.74) is 7.39. The summed E-state index contributed by atoms with van der Waals surface area (Å²) in [6.45, 7) is 3.69. The molecule has 0 bridgehead atoms. The minimum atomic E-state index is 0.786. The second-order valence-electron chi connectivity index (χ2n) is 8.65. The van der Waals surface area contributed by atoms with Gasteiger partial charge in [-0.05, 0) is 29.3 Å². The first-order valence-electron chi connectivity index (χ1n) is 11.4. The molecule has 0 N–H and O–H groups in total. The highest BCUT2D eigenvalue weighted by Crippen LogP contribution is 2.27. The topological polar surface area (TPSA) is 46.8 Å². The van der Waals surface area contributed by atoms with E-state index in [0.29, 0.717) is 0 Å². The van der Waals surface area contributed by atoms with Crippen LogP contribution in [0.25, 0.3) is 22.3 Å². The molecule has 0 amide bonds. The van der Waals surface area contributed by atoms with E-state index in [1.54, 1.807) is 12.4 Å². The number of fused-ring (bicyclic) bond motifs is 2. The Hall–Kier alpha value is -3.83. The maximum atomic E-state index is 4.86. The Balaban J connectivity index is 1.24. The third-order valence-corrected chi connectivity index (χ3v) is 6.41. The molecule has 0 atom stereocenters. The molecular formula is C28H25N5. The number of rotatable bonds is 5. The van der Waals surface area contributed by atoms with Crippen LogP contribution in [-0.4, -0.2) is 31.0 Å². The van der Waals surface area contributed by atoms with Crippen LogP contribution in [0.5, 0.6) is 0 Å². The van der Waals surface area contributed by atoms with E-state index in [9.17, 15) is 0 Å². The maximum absolute atomic E-state index is 4.86. The van der Waals surface area contributed by atoms with Gasteiger partial charge in [-0.15, -0.1) is 0 Å². The van der Waals surface area contributed by atoms with Gasteiger partial charge in [0.25, 0.3) is 0 Å². The monoisotopic (exact) mass is 431 g/mol. The zero-order valence-electron chi connectivity index (χ0n) is 18.4. The molecule has 5 aromatic rings. The van der Waals surface area contributed by atoms with Crippen molar-refractivity contribution in [1.29, 1.82) is 0 Å². The smallest absolute Gasteiger partial charge is 0.159 e. The van der Waals surface area contributed by atoms with E-state index >= 15 is 0 Å². The van der Waals surface area contributed by atoms with Crippen LogP contribution in [0, 0.1) is 0 Å². The van der Waals surface area contributed by atoms with Crippen molar-refractivity contribution in [3.05, 3.63) is 114 Å². The highest BCUT2D eigenvalue weighted by molar-refractivity contribution is 5.84. The normalized spacial score (nSPS) is 13.8. The zero-order valence-corrected chi connectivity index (χ0v) is 18.4. The number of benzene rings is 2. The second-order valence-corrected chi connectivity index (χ2v) is 8.65. The van der Waals surface area contributed by atoms with Crippen LogP contribution in [0.3, 0.4) is 0 Å². The van der Waals surface area contributed by atoms with Crippen molar-refractivity contribution in [2.24, 2.45) is 0 Å².